The molecule has 5 heteroatoms. The zero-order valence-corrected chi connectivity index (χ0v) is 6.90. The predicted molar refractivity (Wildman–Crippen MR) is 41.7 cm³/mol. The van der Waals surface area contributed by atoms with Gasteiger partial charge in [0.05, 0.1) is 11.1 Å². The molecule has 14 heavy (non-hydrogen) atoms. The third kappa shape index (κ3) is 2.22. The summed E-state index contributed by atoms with van der Waals surface area (Å²) in [5.74, 6) is -0.990. The number of hydrogen-bond donors (Lipinski definition) is 0. The summed E-state index contributed by atoms with van der Waals surface area (Å²) in [5.41, 5.74) is -1.06. The summed E-state index contributed by atoms with van der Waals surface area (Å²) >= 11 is 0. The van der Waals surface area contributed by atoms with Crippen molar-refractivity contribution in [3.05, 3.63) is 46.6 Å². The molecule has 74 valence electrons. The van der Waals surface area contributed by atoms with Crippen molar-refractivity contribution in [3.63, 3.8) is 0 Å². The lowest BCUT2D eigenvalue weighted by Gasteiger charge is -2.06. The van der Waals surface area contributed by atoms with E-state index >= 15 is 0 Å². The van der Waals surface area contributed by atoms with Crippen molar-refractivity contribution in [1.82, 2.24) is 0 Å². The molecular weight excluding hydrogens is 198 g/mol. The van der Waals surface area contributed by atoms with E-state index in [1.54, 1.807) is 0 Å². The average Bonchev–Trinajstić information content (AvgIpc) is 2.07. The first-order valence-corrected chi connectivity index (χ1v) is 3.64. The van der Waals surface area contributed by atoms with Crippen LogP contribution in [0.25, 0.3) is 4.85 Å². The van der Waals surface area contributed by atoms with Crippen molar-refractivity contribution >= 4 is 0 Å². The summed E-state index contributed by atoms with van der Waals surface area (Å²) < 4.78 is 49.1. The van der Waals surface area contributed by atoms with Gasteiger partial charge in [0, 0.05) is 0 Å². The molecule has 0 saturated heterocycles. The second-order valence-electron chi connectivity index (χ2n) is 2.62. The molecule has 0 aromatic heterocycles. The monoisotopic (exact) mass is 203 g/mol. The normalized spacial score (nSPS) is 11.1. The lowest BCUT2D eigenvalue weighted by Crippen LogP contribution is -2.05. The molecule has 0 fully saturated rings. The highest BCUT2D eigenvalue weighted by molar-refractivity contribution is 5.27. The molecule has 0 atom stereocenters. The van der Waals surface area contributed by atoms with Gasteiger partial charge in [-0.05, 0) is 18.2 Å². The SMILES string of the molecule is [C-]#[N+]Cc1ccc(C(F)(F)F)cc1F. The maximum Gasteiger partial charge on any atom is 0.416 e. The van der Waals surface area contributed by atoms with Gasteiger partial charge in [-0.25, -0.2) is 11.0 Å². The Kier molecular flexibility index (Phi) is 2.75. The number of benzene rings is 1. The van der Waals surface area contributed by atoms with Crippen molar-refractivity contribution in [3.8, 4) is 0 Å². The third-order valence-electron chi connectivity index (χ3n) is 1.63. The highest BCUT2D eigenvalue weighted by Gasteiger charge is 2.31. The van der Waals surface area contributed by atoms with Crippen molar-refractivity contribution in [2.24, 2.45) is 0 Å². The van der Waals surface area contributed by atoms with E-state index in [4.69, 9.17) is 6.57 Å². The van der Waals surface area contributed by atoms with Crippen molar-refractivity contribution in [1.29, 1.82) is 0 Å². The molecule has 0 amide bonds. The summed E-state index contributed by atoms with van der Waals surface area (Å²) in [7, 11) is 0. The quantitative estimate of drug-likeness (QED) is 0.487. The molecule has 0 N–H and O–H groups in total. The summed E-state index contributed by atoms with van der Waals surface area (Å²) in [6, 6.07) is 2.15. The Bertz CT molecular complexity index is 375. The second-order valence-corrected chi connectivity index (χ2v) is 2.62. The highest BCUT2D eigenvalue weighted by Crippen LogP contribution is 2.30. The van der Waals surface area contributed by atoms with Gasteiger partial charge in [-0.15, -0.1) is 0 Å². The van der Waals surface area contributed by atoms with Crippen LogP contribution in [0, 0.1) is 12.4 Å². The van der Waals surface area contributed by atoms with Crippen molar-refractivity contribution in [2.45, 2.75) is 12.7 Å². The van der Waals surface area contributed by atoms with Gasteiger partial charge in [-0.2, -0.15) is 13.2 Å². The van der Waals surface area contributed by atoms with E-state index in [1.165, 1.54) is 0 Å². The van der Waals surface area contributed by atoms with Crippen LogP contribution in [0.5, 0.6) is 0 Å². The second kappa shape index (κ2) is 3.66. The molecule has 0 aliphatic heterocycles. The van der Waals surface area contributed by atoms with Crippen LogP contribution in [-0.4, -0.2) is 0 Å². The molecule has 1 nitrogen and oxygen atoms in total. The molecule has 1 aromatic carbocycles. The first-order valence-electron chi connectivity index (χ1n) is 3.64. The van der Waals surface area contributed by atoms with Gasteiger partial charge in [0.2, 0.25) is 6.54 Å². The predicted octanol–water partition coefficient (Wildman–Crippen LogP) is 3.26. The van der Waals surface area contributed by atoms with Crippen LogP contribution in [0.3, 0.4) is 0 Å². The minimum absolute atomic E-state index is 0.0204. The van der Waals surface area contributed by atoms with Gasteiger partial charge in [0.15, 0.2) is 0 Å². The van der Waals surface area contributed by atoms with E-state index in [0.29, 0.717) is 6.07 Å². The lowest BCUT2D eigenvalue weighted by atomic mass is 10.1. The molecule has 0 radical (unpaired) electrons. The largest absolute Gasteiger partial charge is 0.416 e. The van der Waals surface area contributed by atoms with E-state index in [-0.39, 0.29) is 12.1 Å². The maximum atomic E-state index is 12.9. The van der Waals surface area contributed by atoms with Crippen LogP contribution >= 0.6 is 0 Å². The first-order chi connectivity index (χ1) is 6.45. The number of halogens is 4. The Morgan fingerprint density at radius 1 is 1.29 bits per heavy atom. The molecule has 0 saturated carbocycles. The minimum atomic E-state index is -4.54. The van der Waals surface area contributed by atoms with E-state index in [1.807, 2.05) is 0 Å². The van der Waals surface area contributed by atoms with Crippen LogP contribution in [-0.2, 0) is 12.7 Å². The zero-order chi connectivity index (χ0) is 10.8. The fraction of sp³-hybridized carbons (Fsp3) is 0.222. The molecule has 0 heterocycles. The number of rotatable bonds is 1. The molecule has 0 aliphatic rings. The topological polar surface area (TPSA) is 4.36 Å². The van der Waals surface area contributed by atoms with E-state index in [2.05, 4.69) is 4.85 Å². The van der Waals surface area contributed by atoms with Gasteiger partial charge in [-0.3, -0.25) is 0 Å². The average molecular weight is 203 g/mol. The van der Waals surface area contributed by atoms with E-state index in [9.17, 15) is 17.6 Å². The molecule has 1 rings (SSSR count). The van der Waals surface area contributed by atoms with Gasteiger partial charge < -0.3 is 4.85 Å². The molecule has 1 aromatic rings. The van der Waals surface area contributed by atoms with Crippen LogP contribution in [0.15, 0.2) is 18.2 Å². The summed E-state index contributed by atoms with van der Waals surface area (Å²) in [6.07, 6.45) is -4.54. The third-order valence-corrected chi connectivity index (χ3v) is 1.63. The molecule has 0 bridgehead atoms. The summed E-state index contributed by atoms with van der Waals surface area (Å²) in [5, 5.41) is 0. The fourth-order valence-corrected chi connectivity index (χ4v) is 0.937. The fourth-order valence-electron chi connectivity index (χ4n) is 0.937. The lowest BCUT2D eigenvalue weighted by molar-refractivity contribution is -0.137. The van der Waals surface area contributed by atoms with Gasteiger partial charge in [0.1, 0.15) is 5.82 Å². The number of nitrogens with zero attached hydrogens (tertiary/aromatic N) is 1. The van der Waals surface area contributed by atoms with Crippen LogP contribution in [0.2, 0.25) is 0 Å². The van der Waals surface area contributed by atoms with E-state index < -0.39 is 17.6 Å². The number of alkyl halides is 3. The Hall–Kier alpha value is -1.57. The zero-order valence-electron chi connectivity index (χ0n) is 6.90. The Morgan fingerprint density at radius 3 is 2.36 bits per heavy atom. The smallest absolute Gasteiger partial charge is 0.312 e. The molecule has 0 spiro atoms. The Balaban J connectivity index is 3.08. The molecular formula is C9H5F4N. The maximum absolute atomic E-state index is 12.9. The summed E-state index contributed by atoms with van der Waals surface area (Å²) in [6.45, 7) is 6.20. The minimum Gasteiger partial charge on any atom is -0.312 e. The van der Waals surface area contributed by atoms with Crippen molar-refractivity contribution in [2.75, 3.05) is 0 Å². The van der Waals surface area contributed by atoms with Gasteiger partial charge >= 0.3 is 6.18 Å². The van der Waals surface area contributed by atoms with Crippen LogP contribution in [0.4, 0.5) is 17.6 Å². The standard InChI is InChI=1S/C9H5F4N/c1-14-5-6-2-3-7(4-8(6)10)9(11,12)13/h2-4H,5H2. The summed E-state index contributed by atoms with van der Waals surface area (Å²) in [4.78, 5) is 2.89. The number of hydrogen-bond acceptors (Lipinski definition) is 0. The molecule has 0 unspecified atom stereocenters. The van der Waals surface area contributed by atoms with Gasteiger partial charge in [0.25, 0.3) is 0 Å². The Morgan fingerprint density at radius 2 is 1.93 bits per heavy atom. The first kappa shape index (κ1) is 10.5. The van der Waals surface area contributed by atoms with E-state index in [0.717, 1.165) is 12.1 Å². The van der Waals surface area contributed by atoms with Crippen LogP contribution < -0.4 is 0 Å². The van der Waals surface area contributed by atoms with Crippen molar-refractivity contribution < 1.29 is 17.6 Å². The van der Waals surface area contributed by atoms with Gasteiger partial charge in [-0.1, -0.05) is 0 Å². The van der Waals surface area contributed by atoms with Crippen LogP contribution in [0.1, 0.15) is 11.1 Å². The Labute approximate surface area is 77.8 Å². The highest BCUT2D eigenvalue weighted by atomic mass is 19.4. The molecule has 0 aliphatic carbocycles.